The van der Waals surface area contributed by atoms with Crippen LogP contribution in [-0.4, -0.2) is 52.6 Å². The molecule has 0 spiro atoms. The number of aliphatic imine (C=N–C) groups is 1. The van der Waals surface area contributed by atoms with Crippen LogP contribution in [0.15, 0.2) is 53.5 Å². The van der Waals surface area contributed by atoms with Gasteiger partial charge in [-0.05, 0) is 42.8 Å². The van der Waals surface area contributed by atoms with Crippen LogP contribution in [0.4, 0.5) is 4.39 Å². The Balaban J connectivity index is 1.62. The predicted octanol–water partition coefficient (Wildman–Crippen LogP) is 2.41. The van der Waals surface area contributed by atoms with Crippen molar-refractivity contribution in [3.8, 4) is 0 Å². The van der Waals surface area contributed by atoms with E-state index < -0.39 is 10.0 Å². The topological polar surface area (TPSA) is 83.0 Å². The third-order valence-corrected chi connectivity index (χ3v) is 6.49. The first-order chi connectivity index (χ1) is 14.8. The van der Waals surface area contributed by atoms with E-state index in [0.717, 1.165) is 22.6 Å². The minimum absolute atomic E-state index is 0.00393. The van der Waals surface area contributed by atoms with Crippen molar-refractivity contribution in [1.29, 1.82) is 0 Å². The molecule has 2 aromatic carbocycles. The summed E-state index contributed by atoms with van der Waals surface area (Å²) in [7, 11) is -0.143. The highest BCUT2D eigenvalue weighted by Crippen LogP contribution is 2.25. The highest BCUT2D eigenvalue weighted by Gasteiger charge is 2.28. The Morgan fingerprint density at radius 1 is 1.13 bits per heavy atom. The number of benzene rings is 2. The van der Waals surface area contributed by atoms with Gasteiger partial charge in [-0.2, -0.15) is 0 Å². The van der Waals surface area contributed by atoms with Gasteiger partial charge in [-0.3, -0.25) is 4.99 Å². The van der Waals surface area contributed by atoms with Gasteiger partial charge in [-0.15, -0.1) is 0 Å². The van der Waals surface area contributed by atoms with Crippen molar-refractivity contribution in [2.24, 2.45) is 4.99 Å². The summed E-state index contributed by atoms with van der Waals surface area (Å²) in [5.74, 6) is 0.440. The molecule has 2 atom stereocenters. The molecule has 1 fully saturated rings. The molecule has 1 saturated heterocycles. The number of sulfonamides is 1. The van der Waals surface area contributed by atoms with E-state index in [9.17, 15) is 12.8 Å². The molecule has 0 saturated carbocycles. The molecule has 1 aliphatic rings. The van der Waals surface area contributed by atoms with Gasteiger partial charge >= 0.3 is 0 Å². The Hall–Kier alpha value is -2.49. The molecular formula is C22H29FN4O3S. The summed E-state index contributed by atoms with van der Waals surface area (Å²) in [6.07, 6.45) is -0.174. The Morgan fingerprint density at radius 3 is 2.39 bits per heavy atom. The van der Waals surface area contributed by atoms with Crippen molar-refractivity contribution in [3.05, 3.63) is 71.0 Å². The zero-order valence-corrected chi connectivity index (χ0v) is 18.8. The average Bonchev–Trinajstić information content (AvgIpc) is 2.75. The molecule has 0 radical (unpaired) electrons. The smallest absolute Gasteiger partial charge is 0.215 e. The lowest BCUT2D eigenvalue weighted by Gasteiger charge is -2.38. The molecule has 9 heteroatoms. The first-order valence-corrected chi connectivity index (χ1v) is 11.8. The van der Waals surface area contributed by atoms with Crippen molar-refractivity contribution in [1.82, 2.24) is 14.9 Å². The zero-order chi connectivity index (χ0) is 22.4. The molecule has 7 nitrogen and oxygen atoms in total. The molecule has 0 bridgehead atoms. The number of morpholine rings is 1. The van der Waals surface area contributed by atoms with Gasteiger partial charge in [0.05, 0.1) is 18.4 Å². The fraction of sp³-hybridized carbons (Fsp3) is 0.409. The summed E-state index contributed by atoms with van der Waals surface area (Å²) in [6.45, 7) is 3.86. The van der Waals surface area contributed by atoms with E-state index in [4.69, 9.17) is 4.74 Å². The third-order valence-electron chi connectivity index (χ3n) is 5.15. The molecule has 2 N–H and O–H groups in total. The lowest BCUT2D eigenvalue weighted by Crippen LogP contribution is -2.50. The molecule has 1 aliphatic heterocycles. The molecular weight excluding hydrogens is 419 g/mol. The van der Waals surface area contributed by atoms with Gasteiger partial charge in [0.25, 0.3) is 0 Å². The number of guanidine groups is 1. The molecule has 2 aromatic rings. The SMILES string of the molecule is CN=C(NCc1ccc(CS(=O)(=O)NC)cc1)N1CC(C)OC(c2ccc(F)cc2)C1. The normalized spacial score (nSPS) is 20.0. The molecule has 168 valence electrons. The highest BCUT2D eigenvalue weighted by molar-refractivity contribution is 7.88. The molecule has 2 unspecified atom stereocenters. The predicted molar refractivity (Wildman–Crippen MR) is 120 cm³/mol. The van der Waals surface area contributed by atoms with Crippen LogP contribution in [0, 0.1) is 5.82 Å². The Labute approximate surface area is 183 Å². The first kappa shape index (κ1) is 23.2. The van der Waals surface area contributed by atoms with Crippen LogP contribution in [0.25, 0.3) is 0 Å². The maximum Gasteiger partial charge on any atom is 0.215 e. The monoisotopic (exact) mass is 448 g/mol. The quantitative estimate of drug-likeness (QED) is 0.524. The third kappa shape index (κ3) is 6.49. The average molecular weight is 449 g/mol. The zero-order valence-electron chi connectivity index (χ0n) is 18.0. The molecule has 0 aliphatic carbocycles. The van der Waals surface area contributed by atoms with E-state index in [0.29, 0.717) is 19.6 Å². The van der Waals surface area contributed by atoms with Gasteiger partial charge in [-0.25, -0.2) is 17.5 Å². The summed E-state index contributed by atoms with van der Waals surface area (Å²) >= 11 is 0. The van der Waals surface area contributed by atoms with Crippen molar-refractivity contribution in [2.45, 2.75) is 31.4 Å². The van der Waals surface area contributed by atoms with Gasteiger partial charge < -0.3 is 15.0 Å². The fourth-order valence-electron chi connectivity index (χ4n) is 3.54. The van der Waals surface area contributed by atoms with Crippen molar-refractivity contribution >= 4 is 16.0 Å². The molecule has 3 rings (SSSR count). The number of nitrogens with one attached hydrogen (secondary N) is 2. The minimum Gasteiger partial charge on any atom is -0.367 e. The molecule has 31 heavy (non-hydrogen) atoms. The van der Waals surface area contributed by atoms with E-state index in [1.807, 2.05) is 31.2 Å². The number of hydrogen-bond acceptors (Lipinski definition) is 4. The van der Waals surface area contributed by atoms with Crippen LogP contribution >= 0.6 is 0 Å². The number of nitrogens with zero attached hydrogens (tertiary/aromatic N) is 2. The van der Waals surface area contributed by atoms with Gasteiger partial charge in [0, 0.05) is 20.1 Å². The van der Waals surface area contributed by atoms with Crippen LogP contribution in [0.1, 0.15) is 29.7 Å². The van der Waals surface area contributed by atoms with Crippen LogP contribution < -0.4 is 10.0 Å². The Kier molecular flexibility index (Phi) is 7.64. The van der Waals surface area contributed by atoms with E-state index in [2.05, 4.69) is 19.9 Å². The van der Waals surface area contributed by atoms with Crippen LogP contribution in [0.3, 0.4) is 0 Å². The van der Waals surface area contributed by atoms with Gasteiger partial charge in [-0.1, -0.05) is 36.4 Å². The number of ether oxygens (including phenoxy) is 1. The first-order valence-electron chi connectivity index (χ1n) is 10.1. The van der Waals surface area contributed by atoms with Crippen molar-refractivity contribution in [2.75, 3.05) is 27.2 Å². The Bertz CT molecular complexity index is 994. The summed E-state index contributed by atoms with van der Waals surface area (Å²) in [6, 6.07) is 13.8. The minimum atomic E-state index is -3.29. The summed E-state index contributed by atoms with van der Waals surface area (Å²) in [5, 5.41) is 3.37. The summed E-state index contributed by atoms with van der Waals surface area (Å²) in [4.78, 5) is 6.54. The van der Waals surface area contributed by atoms with Gasteiger partial charge in [0.2, 0.25) is 10.0 Å². The van der Waals surface area contributed by atoms with Crippen LogP contribution in [0.5, 0.6) is 0 Å². The number of hydrogen-bond donors (Lipinski definition) is 2. The van der Waals surface area contributed by atoms with Gasteiger partial charge in [0.15, 0.2) is 5.96 Å². The highest BCUT2D eigenvalue weighted by atomic mass is 32.2. The second kappa shape index (κ2) is 10.2. The van der Waals surface area contributed by atoms with Crippen molar-refractivity contribution < 1.29 is 17.5 Å². The van der Waals surface area contributed by atoms with Gasteiger partial charge in [0.1, 0.15) is 11.9 Å². The van der Waals surface area contributed by atoms with E-state index >= 15 is 0 Å². The number of rotatable bonds is 6. The van der Waals surface area contributed by atoms with Crippen molar-refractivity contribution in [3.63, 3.8) is 0 Å². The standard InChI is InChI=1S/C22H29FN4O3S/c1-16-13-27(14-21(30-16)19-8-10-20(23)11-9-19)22(24-2)26-12-17-4-6-18(7-5-17)15-31(28,29)25-3/h4-11,16,21,25H,12-15H2,1-3H3,(H,24,26). The fourth-order valence-corrected chi connectivity index (χ4v) is 4.32. The largest absolute Gasteiger partial charge is 0.367 e. The number of halogens is 1. The molecule has 1 heterocycles. The maximum atomic E-state index is 13.3. The van der Waals surface area contributed by atoms with Crippen LogP contribution in [-0.2, 0) is 27.1 Å². The second-order valence-corrected chi connectivity index (χ2v) is 9.50. The maximum absolute atomic E-state index is 13.3. The van der Waals surface area contributed by atoms with Crippen LogP contribution in [0.2, 0.25) is 0 Å². The Morgan fingerprint density at radius 2 is 1.77 bits per heavy atom. The summed E-state index contributed by atoms with van der Waals surface area (Å²) < 4.78 is 45.0. The molecule has 0 aromatic heterocycles. The van der Waals surface area contributed by atoms with E-state index in [-0.39, 0.29) is 23.8 Å². The second-order valence-electron chi connectivity index (χ2n) is 7.57. The van der Waals surface area contributed by atoms with E-state index in [1.165, 1.54) is 19.2 Å². The molecule has 0 amide bonds. The lowest BCUT2D eigenvalue weighted by molar-refractivity contribution is -0.0605. The summed E-state index contributed by atoms with van der Waals surface area (Å²) in [5.41, 5.74) is 2.68. The lowest BCUT2D eigenvalue weighted by atomic mass is 10.1. The van der Waals surface area contributed by atoms with E-state index in [1.54, 1.807) is 19.2 Å².